The maximum atomic E-state index is 12.6. The third-order valence-corrected chi connectivity index (χ3v) is 3.85. The number of ketones is 1. The Balaban J connectivity index is 0.00000108. The number of likely N-dealkylation sites (N-methyl/N-ethyl adjacent to an activating group) is 1. The zero-order valence-electron chi connectivity index (χ0n) is 19.6. The molecule has 0 radical (unpaired) electrons. The first-order chi connectivity index (χ1) is 14.5. The monoisotopic (exact) mass is 416 g/mol. The van der Waals surface area contributed by atoms with Gasteiger partial charge in [0.25, 0.3) is 5.91 Å². The maximum absolute atomic E-state index is 12.6. The van der Waals surface area contributed by atoms with Gasteiger partial charge in [-0.05, 0) is 37.3 Å². The SMILES string of the molecule is CC.CC.CC(C(=O)c1ccc2c(c1)OCO2)N(C)C(=O)c1cccnc1.CCC. The van der Waals surface area contributed by atoms with Crippen LogP contribution in [0.4, 0.5) is 0 Å². The number of hydrogen-bond acceptors (Lipinski definition) is 5. The van der Waals surface area contributed by atoms with Crippen molar-refractivity contribution in [2.75, 3.05) is 13.8 Å². The lowest BCUT2D eigenvalue weighted by Gasteiger charge is -2.24. The molecule has 1 aliphatic heterocycles. The topological polar surface area (TPSA) is 68.7 Å². The zero-order valence-corrected chi connectivity index (χ0v) is 19.6. The molecule has 1 atom stereocenters. The number of nitrogens with zero attached hydrogens (tertiary/aromatic N) is 2. The molecule has 0 saturated heterocycles. The number of amides is 1. The highest BCUT2D eigenvalue weighted by Gasteiger charge is 2.26. The summed E-state index contributed by atoms with van der Waals surface area (Å²) in [5.41, 5.74) is 0.924. The van der Waals surface area contributed by atoms with Crippen LogP contribution in [0.5, 0.6) is 11.5 Å². The lowest BCUT2D eigenvalue weighted by atomic mass is 10.0. The van der Waals surface area contributed by atoms with Crippen LogP contribution in [0.25, 0.3) is 0 Å². The maximum Gasteiger partial charge on any atom is 0.255 e. The van der Waals surface area contributed by atoms with E-state index in [4.69, 9.17) is 9.47 Å². The molecule has 3 rings (SSSR count). The van der Waals surface area contributed by atoms with Crippen LogP contribution in [0.15, 0.2) is 42.7 Å². The van der Waals surface area contributed by atoms with Crippen LogP contribution in [0.3, 0.4) is 0 Å². The first-order valence-corrected chi connectivity index (χ1v) is 10.6. The van der Waals surface area contributed by atoms with Crippen LogP contribution >= 0.6 is 0 Å². The molecule has 1 aromatic carbocycles. The summed E-state index contributed by atoms with van der Waals surface area (Å²) in [4.78, 5) is 30.3. The minimum absolute atomic E-state index is 0.155. The smallest absolute Gasteiger partial charge is 0.255 e. The van der Waals surface area contributed by atoms with Gasteiger partial charge in [-0.2, -0.15) is 0 Å². The van der Waals surface area contributed by atoms with E-state index >= 15 is 0 Å². The van der Waals surface area contributed by atoms with E-state index in [9.17, 15) is 9.59 Å². The van der Waals surface area contributed by atoms with Gasteiger partial charge < -0.3 is 14.4 Å². The van der Waals surface area contributed by atoms with Gasteiger partial charge in [-0.1, -0.05) is 48.0 Å². The van der Waals surface area contributed by atoms with Crippen molar-refractivity contribution < 1.29 is 19.1 Å². The predicted octanol–water partition coefficient (Wildman–Crippen LogP) is 5.62. The molecule has 0 aliphatic carbocycles. The van der Waals surface area contributed by atoms with Gasteiger partial charge in [-0.25, -0.2) is 0 Å². The number of aromatic nitrogens is 1. The number of Topliss-reactive ketones (excluding diaryl/α,β-unsaturated/α-hetero) is 1. The molecule has 1 aromatic heterocycles. The van der Waals surface area contributed by atoms with Gasteiger partial charge in [0.05, 0.1) is 11.6 Å². The Bertz CT molecular complexity index is 763. The molecule has 2 aromatic rings. The number of rotatable bonds is 4. The van der Waals surface area contributed by atoms with E-state index in [-0.39, 0.29) is 18.5 Å². The molecule has 0 spiro atoms. The normalized spacial score (nSPS) is 11.3. The second-order valence-corrected chi connectivity index (χ2v) is 5.97. The average molecular weight is 417 g/mol. The van der Waals surface area contributed by atoms with E-state index in [0.717, 1.165) is 0 Å². The van der Waals surface area contributed by atoms with Crippen LogP contribution in [-0.2, 0) is 0 Å². The van der Waals surface area contributed by atoms with Crippen molar-refractivity contribution in [3.63, 3.8) is 0 Å². The molecule has 2 heterocycles. The quantitative estimate of drug-likeness (QED) is 0.605. The van der Waals surface area contributed by atoms with E-state index in [0.29, 0.717) is 22.6 Å². The van der Waals surface area contributed by atoms with Gasteiger partial charge in [0.2, 0.25) is 6.79 Å². The molecule has 0 fully saturated rings. The number of hydrogen-bond donors (Lipinski definition) is 0. The molecule has 30 heavy (non-hydrogen) atoms. The molecular weight excluding hydrogens is 380 g/mol. The van der Waals surface area contributed by atoms with Gasteiger partial charge >= 0.3 is 0 Å². The Kier molecular flexibility index (Phi) is 13.6. The molecule has 1 amide bonds. The van der Waals surface area contributed by atoms with Crippen LogP contribution in [0.1, 0.15) is 75.6 Å². The Hall–Kier alpha value is -2.89. The summed E-state index contributed by atoms with van der Waals surface area (Å²) in [5, 5.41) is 0. The fourth-order valence-electron chi connectivity index (χ4n) is 2.34. The van der Waals surface area contributed by atoms with Gasteiger partial charge in [0.15, 0.2) is 17.3 Å². The highest BCUT2D eigenvalue weighted by atomic mass is 16.7. The van der Waals surface area contributed by atoms with Gasteiger partial charge in [-0.3, -0.25) is 14.6 Å². The van der Waals surface area contributed by atoms with Crippen molar-refractivity contribution in [3.8, 4) is 11.5 Å². The van der Waals surface area contributed by atoms with Crippen LogP contribution < -0.4 is 9.47 Å². The molecule has 1 unspecified atom stereocenters. The molecule has 1 aliphatic rings. The summed E-state index contributed by atoms with van der Waals surface area (Å²) < 4.78 is 10.5. The van der Waals surface area contributed by atoms with Crippen molar-refractivity contribution in [3.05, 3.63) is 53.9 Å². The van der Waals surface area contributed by atoms with E-state index in [1.807, 2.05) is 27.7 Å². The third kappa shape index (κ3) is 7.50. The Morgan fingerprint density at radius 1 is 1.03 bits per heavy atom. The second kappa shape index (κ2) is 15.0. The molecule has 6 heteroatoms. The van der Waals surface area contributed by atoms with E-state index < -0.39 is 6.04 Å². The van der Waals surface area contributed by atoms with Crippen LogP contribution in [0, 0.1) is 0 Å². The van der Waals surface area contributed by atoms with E-state index in [1.54, 1.807) is 50.5 Å². The Labute approximate surface area is 181 Å². The molecule has 0 N–H and O–H groups in total. The molecule has 0 saturated carbocycles. The van der Waals surface area contributed by atoms with E-state index in [2.05, 4.69) is 18.8 Å². The average Bonchev–Trinajstić information content (AvgIpc) is 3.29. The van der Waals surface area contributed by atoms with Crippen LogP contribution in [-0.4, -0.2) is 41.5 Å². The molecule has 0 bridgehead atoms. The van der Waals surface area contributed by atoms with Crippen molar-refractivity contribution in [2.45, 2.75) is 60.9 Å². The summed E-state index contributed by atoms with van der Waals surface area (Å²) in [6.45, 7) is 14.1. The fourth-order valence-corrected chi connectivity index (χ4v) is 2.34. The number of ether oxygens (including phenoxy) is 2. The van der Waals surface area contributed by atoms with Crippen molar-refractivity contribution >= 4 is 11.7 Å². The first-order valence-electron chi connectivity index (χ1n) is 10.6. The molecule has 6 nitrogen and oxygen atoms in total. The molecular formula is C24H36N2O4. The lowest BCUT2D eigenvalue weighted by Crippen LogP contribution is -2.40. The minimum Gasteiger partial charge on any atom is -0.454 e. The summed E-state index contributed by atoms with van der Waals surface area (Å²) >= 11 is 0. The number of fused-ring (bicyclic) bond motifs is 1. The van der Waals surface area contributed by atoms with Crippen LogP contribution in [0.2, 0.25) is 0 Å². The number of pyridine rings is 1. The molecule has 166 valence electrons. The Morgan fingerprint density at radius 3 is 2.20 bits per heavy atom. The largest absolute Gasteiger partial charge is 0.454 e. The fraction of sp³-hybridized carbons (Fsp3) is 0.458. The second-order valence-electron chi connectivity index (χ2n) is 5.97. The summed E-state index contributed by atoms with van der Waals surface area (Å²) in [6, 6.07) is 7.77. The first kappa shape index (κ1) is 27.1. The van der Waals surface area contributed by atoms with Gasteiger partial charge in [-0.15, -0.1) is 0 Å². The van der Waals surface area contributed by atoms with Crippen molar-refractivity contribution in [1.82, 2.24) is 9.88 Å². The highest BCUT2D eigenvalue weighted by Crippen LogP contribution is 2.33. The number of benzene rings is 1. The van der Waals surface area contributed by atoms with Crippen molar-refractivity contribution in [2.24, 2.45) is 0 Å². The standard InChI is InChI=1S/C17H16N2O4.C3H8.2C2H6/c1-11(19(2)17(21)13-4-3-7-18-9-13)16(20)12-5-6-14-15(8-12)23-10-22-14;1-3-2;2*1-2/h3-9,11H,10H2,1-2H3;3H2,1-2H3;2*1-2H3. The van der Waals surface area contributed by atoms with Gasteiger partial charge in [0, 0.05) is 25.0 Å². The number of carbonyl (C=O) groups is 2. The minimum atomic E-state index is -0.608. The third-order valence-electron chi connectivity index (χ3n) is 3.85. The lowest BCUT2D eigenvalue weighted by molar-refractivity contribution is 0.0674. The Morgan fingerprint density at radius 2 is 1.63 bits per heavy atom. The highest BCUT2D eigenvalue weighted by molar-refractivity contribution is 6.04. The van der Waals surface area contributed by atoms with Gasteiger partial charge in [0.1, 0.15) is 0 Å². The van der Waals surface area contributed by atoms with Crippen molar-refractivity contribution in [1.29, 1.82) is 0 Å². The summed E-state index contributed by atoms with van der Waals surface area (Å²) in [5.74, 6) is 0.751. The number of carbonyl (C=O) groups excluding carboxylic acids is 2. The zero-order chi connectivity index (χ0) is 23.1. The van der Waals surface area contributed by atoms with E-state index in [1.165, 1.54) is 17.5 Å². The summed E-state index contributed by atoms with van der Waals surface area (Å²) in [7, 11) is 1.60. The predicted molar refractivity (Wildman–Crippen MR) is 121 cm³/mol. The summed E-state index contributed by atoms with van der Waals surface area (Å²) in [6.07, 6.45) is 4.33.